The van der Waals surface area contributed by atoms with Crippen LogP contribution in [0.3, 0.4) is 0 Å². The van der Waals surface area contributed by atoms with E-state index in [4.69, 9.17) is 0 Å². The molecule has 0 unspecified atom stereocenters. The minimum absolute atomic E-state index is 0. The molecule has 2 aliphatic carbocycles. The summed E-state index contributed by atoms with van der Waals surface area (Å²) in [4.78, 5) is 20.0. The summed E-state index contributed by atoms with van der Waals surface area (Å²) in [5, 5.41) is 0. The minimum Gasteiger partial charge on any atom is -0.320 e. The summed E-state index contributed by atoms with van der Waals surface area (Å²) in [7, 11) is 0. The van der Waals surface area contributed by atoms with Gasteiger partial charge in [0.15, 0.2) is 0 Å². The Balaban J connectivity index is 0.000000206. The number of hydrogen-bond donors (Lipinski definition) is 0. The average molecular weight is 217 g/mol. The Labute approximate surface area is 86.6 Å². The smallest absolute Gasteiger partial charge is 0.320 e. The van der Waals surface area contributed by atoms with Gasteiger partial charge in [-0.3, -0.25) is 0 Å². The van der Waals surface area contributed by atoms with Crippen LogP contribution in [-0.4, -0.2) is 11.6 Å². The fourth-order valence-corrected chi connectivity index (χ4v) is 0.628. The molecule has 2 nitrogen and oxygen atoms in total. The van der Waals surface area contributed by atoms with Crippen molar-refractivity contribution in [3.05, 3.63) is 48.6 Å². The minimum atomic E-state index is -0.0324. The predicted octanol–water partition coefficient (Wildman–Crippen LogP) is 0.967. The van der Waals surface area contributed by atoms with Crippen LogP contribution in [0.5, 0.6) is 0 Å². The van der Waals surface area contributed by atoms with Gasteiger partial charge in [-0.05, 0) is 0 Å². The molecule has 0 aromatic rings. The molecule has 13 heavy (non-hydrogen) atoms. The van der Waals surface area contributed by atoms with Gasteiger partial charge in [-0.15, -0.1) is 12.2 Å². The number of carbonyl (C=O) groups is 2. The Bertz CT molecular complexity index is 249. The van der Waals surface area contributed by atoms with Crippen molar-refractivity contribution >= 4 is 11.6 Å². The second kappa shape index (κ2) is 6.32. The third kappa shape index (κ3) is 5.10. The molecule has 0 saturated carbocycles. The molecule has 2 rings (SSSR count). The summed E-state index contributed by atoms with van der Waals surface area (Å²) in [6, 6.07) is 0. The van der Waals surface area contributed by atoms with Crippen LogP contribution >= 0.6 is 0 Å². The van der Waals surface area contributed by atoms with Gasteiger partial charge in [-0.25, -0.2) is 12.2 Å². The molecule has 0 amide bonds. The van der Waals surface area contributed by atoms with E-state index in [1.54, 1.807) is 24.3 Å². The zero-order valence-electron chi connectivity index (χ0n) is 6.60. The second-order valence-electron chi connectivity index (χ2n) is 2.07. The van der Waals surface area contributed by atoms with Crippen LogP contribution in [0, 0.1) is 12.2 Å². The van der Waals surface area contributed by atoms with E-state index in [0.717, 1.165) is 0 Å². The maximum absolute atomic E-state index is 10.0. The normalized spacial score (nSPS) is 15.7. The Morgan fingerprint density at radius 2 is 1.23 bits per heavy atom. The van der Waals surface area contributed by atoms with E-state index in [-0.39, 0.29) is 28.1 Å². The van der Waals surface area contributed by atoms with E-state index < -0.39 is 0 Å². The van der Waals surface area contributed by atoms with Crippen molar-refractivity contribution in [1.82, 2.24) is 0 Å². The molecule has 0 fully saturated rings. The van der Waals surface area contributed by atoms with Crippen molar-refractivity contribution in [2.24, 2.45) is 0 Å². The molecule has 3 heteroatoms. The average Bonchev–Trinajstić information content (AvgIpc) is 2.63. The molecule has 0 atom stereocenters. The van der Waals surface area contributed by atoms with Crippen molar-refractivity contribution in [1.29, 1.82) is 0 Å². The van der Waals surface area contributed by atoms with E-state index in [1.807, 2.05) is 0 Å². The maximum Gasteiger partial charge on any atom is 2.00 e. The number of allylic oxidation sites excluding steroid dienone is 8. The summed E-state index contributed by atoms with van der Waals surface area (Å²) >= 11 is 0. The summed E-state index contributed by atoms with van der Waals surface area (Å²) in [6.45, 7) is 0. The first kappa shape index (κ1) is 11.8. The monoisotopic (exact) mass is 216 g/mol. The summed E-state index contributed by atoms with van der Waals surface area (Å²) < 4.78 is 0. The number of ketones is 2. The van der Waals surface area contributed by atoms with Crippen molar-refractivity contribution in [3.63, 3.8) is 0 Å². The van der Waals surface area contributed by atoms with Gasteiger partial charge in [-0.2, -0.15) is 24.3 Å². The van der Waals surface area contributed by atoms with Crippen LogP contribution in [0.2, 0.25) is 0 Å². The predicted molar refractivity (Wildman–Crippen MR) is 43.9 cm³/mol. The van der Waals surface area contributed by atoms with Crippen LogP contribution in [0.15, 0.2) is 36.5 Å². The van der Waals surface area contributed by atoms with Crippen LogP contribution in [0.1, 0.15) is 0 Å². The van der Waals surface area contributed by atoms with Gasteiger partial charge in [0.2, 0.25) is 0 Å². The maximum atomic E-state index is 10.0. The Hall–Kier alpha value is -1.21. The molecule has 0 aromatic carbocycles. The number of hydrogen-bond acceptors (Lipinski definition) is 2. The van der Waals surface area contributed by atoms with Crippen LogP contribution in [0.4, 0.5) is 0 Å². The SMILES string of the molecule is O=C1[C-]=CC=C1.O=C1[C-]=CC=C1.[Ni+2]. The third-order valence-electron chi connectivity index (χ3n) is 1.14. The first-order valence-electron chi connectivity index (χ1n) is 3.40. The molecule has 0 aliphatic heterocycles. The molecular weight excluding hydrogens is 211 g/mol. The first-order chi connectivity index (χ1) is 5.79. The van der Waals surface area contributed by atoms with Crippen molar-refractivity contribution in [3.8, 4) is 0 Å². The molecule has 0 saturated heterocycles. The third-order valence-corrected chi connectivity index (χ3v) is 1.14. The van der Waals surface area contributed by atoms with Crippen LogP contribution in [0.25, 0.3) is 0 Å². The quantitative estimate of drug-likeness (QED) is 0.447. The van der Waals surface area contributed by atoms with Gasteiger partial charge >= 0.3 is 16.5 Å². The number of rotatable bonds is 0. The zero-order chi connectivity index (χ0) is 8.81. The molecule has 2 aliphatic rings. The summed E-state index contributed by atoms with van der Waals surface area (Å²) in [6.07, 6.45) is 14.4. The standard InChI is InChI=1S/2C5H3O.Ni/c2*6-5-3-1-2-4-5;/h2*1-3H;/q2*-1;+2. The number of carbonyl (C=O) groups excluding carboxylic acids is 2. The first-order valence-corrected chi connectivity index (χ1v) is 3.40. The second-order valence-corrected chi connectivity index (χ2v) is 2.07. The molecular formula is C10H6NiO2. The molecule has 0 N–H and O–H groups in total. The van der Waals surface area contributed by atoms with Gasteiger partial charge in [-0.1, -0.05) is 0 Å². The molecule has 0 bridgehead atoms. The van der Waals surface area contributed by atoms with Gasteiger partial charge in [0.05, 0.1) is 11.6 Å². The molecule has 0 spiro atoms. The summed E-state index contributed by atoms with van der Waals surface area (Å²) in [5.74, 6) is -0.0648. The van der Waals surface area contributed by atoms with Gasteiger partial charge < -0.3 is 9.59 Å². The van der Waals surface area contributed by atoms with Crippen molar-refractivity contribution in [2.45, 2.75) is 0 Å². The van der Waals surface area contributed by atoms with Gasteiger partial charge in [0.1, 0.15) is 0 Å². The topological polar surface area (TPSA) is 34.1 Å². The largest absolute Gasteiger partial charge is 2.00 e. The molecule has 0 radical (unpaired) electrons. The van der Waals surface area contributed by atoms with Crippen molar-refractivity contribution in [2.75, 3.05) is 0 Å². The molecule has 0 heterocycles. The van der Waals surface area contributed by atoms with E-state index in [2.05, 4.69) is 12.2 Å². The van der Waals surface area contributed by atoms with E-state index in [1.165, 1.54) is 12.2 Å². The Kier molecular flexibility index (Phi) is 5.74. The van der Waals surface area contributed by atoms with E-state index in [9.17, 15) is 9.59 Å². The molecule has 68 valence electrons. The fourth-order valence-electron chi connectivity index (χ4n) is 0.628. The zero-order valence-corrected chi connectivity index (χ0v) is 7.58. The van der Waals surface area contributed by atoms with Gasteiger partial charge in [0.25, 0.3) is 0 Å². The van der Waals surface area contributed by atoms with Crippen LogP contribution in [-0.2, 0) is 26.1 Å². The van der Waals surface area contributed by atoms with Crippen molar-refractivity contribution < 1.29 is 26.1 Å². The fraction of sp³-hybridized carbons (Fsp3) is 0. The van der Waals surface area contributed by atoms with E-state index in [0.29, 0.717) is 0 Å². The Morgan fingerprint density at radius 1 is 0.846 bits per heavy atom. The molecule has 0 aromatic heterocycles. The van der Waals surface area contributed by atoms with Crippen LogP contribution < -0.4 is 0 Å². The van der Waals surface area contributed by atoms with Gasteiger partial charge in [0, 0.05) is 0 Å². The summed E-state index contributed by atoms with van der Waals surface area (Å²) in [5.41, 5.74) is 0. The van der Waals surface area contributed by atoms with E-state index >= 15 is 0 Å². The Morgan fingerprint density at radius 3 is 1.31 bits per heavy atom.